The molecule has 0 unspecified atom stereocenters. The zero-order valence-corrected chi connectivity index (χ0v) is 10.2. The van der Waals surface area contributed by atoms with Crippen LogP contribution in [0.15, 0.2) is 24.5 Å². The van der Waals surface area contributed by atoms with Crippen molar-refractivity contribution in [2.75, 3.05) is 31.1 Å². The molecule has 1 aromatic heterocycles. The second-order valence-corrected chi connectivity index (χ2v) is 3.30. The van der Waals surface area contributed by atoms with Gasteiger partial charge in [-0.25, -0.2) is 0 Å². The topological polar surface area (TPSA) is 28.2 Å². The molecule has 1 aliphatic rings. The van der Waals surface area contributed by atoms with Gasteiger partial charge in [-0.15, -0.1) is 24.8 Å². The van der Waals surface area contributed by atoms with Crippen LogP contribution in [-0.2, 0) is 0 Å². The molecule has 1 saturated heterocycles. The van der Waals surface area contributed by atoms with Crippen LogP contribution in [0, 0.1) is 0 Å². The number of nitrogens with zero attached hydrogens (tertiary/aromatic N) is 2. The summed E-state index contributed by atoms with van der Waals surface area (Å²) in [6.45, 7) is 4.48. The molecular weight excluding hydrogens is 233 g/mol. The summed E-state index contributed by atoms with van der Waals surface area (Å²) in [5, 5.41) is 3.39. The fourth-order valence-corrected chi connectivity index (χ4v) is 1.66. The maximum Gasteiger partial charge on any atom is 0.0397 e. The van der Waals surface area contributed by atoms with E-state index in [1.54, 1.807) is 0 Å². The van der Waals surface area contributed by atoms with E-state index < -0.39 is 0 Å². The minimum Gasteiger partial charge on any atom is -0.370 e. The standard InChI is InChI=1S/C10H15N3.2ClH/c1-4-11-7-9-13(8-1)10-2-5-12-6-3-10;;/h2-3,5-6,11H,1,4,7-9H2;2*1H. The third kappa shape index (κ3) is 4.24. The van der Waals surface area contributed by atoms with Gasteiger partial charge in [-0.2, -0.15) is 0 Å². The second kappa shape index (κ2) is 7.74. The minimum atomic E-state index is 0. The van der Waals surface area contributed by atoms with Crippen molar-refractivity contribution < 1.29 is 0 Å². The SMILES string of the molecule is Cl.Cl.c1cc(N2CCCNCC2)ccn1. The predicted molar refractivity (Wildman–Crippen MR) is 68.4 cm³/mol. The van der Waals surface area contributed by atoms with Crippen LogP contribution in [0.4, 0.5) is 5.69 Å². The molecule has 2 heterocycles. The molecule has 1 aromatic rings. The number of nitrogens with one attached hydrogen (secondary N) is 1. The summed E-state index contributed by atoms with van der Waals surface area (Å²) in [6, 6.07) is 4.15. The van der Waals surface area contributed by atoms with Gasteiger partial charge in [0, 0.05) is 37.7 Å². The van der Waals surface area contributed by atoms with E-state index >= 15 is 0 Å². The van der Waals surface area contributed by atoms with Crippen molar-refractivity contribution in [3.63, 3.8) is 0 Å². The molecular formula is C10H17Cl2N3. The van der Waals surface area contributed by atoms with Gasteiger partial charge in [-0.3, -0.25) is 4.98 Å². The first kappa shape index (κ1) is 14.5. The number of hydrogen-bond donors (Lipinski definition) is 1. The Morgan fingerprint density at radius 2 is 1.80 bits per heavy atom. The van der Waals surface area contributed by atoms with Crippen molar-refractivity contribution in [1.29, 1.82) is 0 Å². The fraction of sp³-hybridized carbons (Fsp3) is 0.500. The fourth-order valence-electron chi connectivity index (χ4n) is 1.66. The summed E-state index contributed by atoms with van der Waals surface area (Å²) in [7, 11) is 0. The van der Waals surface area contributed by atoms with Crippen LogP contribution in [0.1, 0.15) is 6.42 Å². The number of halogens is 2. The Morgan fingerprint density at radius 1 is 1.07 bits per heavy atom. The van der Waals surface area contributed by atoms with E-state index in [4.69, 9.17) is 0 Å². The highest BCUT2D eigenvalue weighted by molar-refractivity contribution is 5.85. The third-order valence-corrected chi connectivity index (χ3v) is 2.37. The number of anilines is 1. The van der Waals surface area contributed by atoms with Gasteiger partial charge >= 0.3 is 0 Å². The molecule has 0 spiro atoms. The van der Waals surface area contributed by atoms with Crippen molar-refractivity contribution in [3.05, 3.63) is 24.5 Å². The Labute approximate surface area is 103 Å². The number of hydrogen-bond acceptors (Lipinski definition) is 3. The van der Waals surface area contributed by atoms with E-state index in [2.05, 4.69) is 27.3 Å². The van der Waals surface area contributed by atoms with Gasteiger partial charge in [0.1, 0.15) is 0 Å². The molecule has 0 bridgehead atoms. The molecule has 86 valence electrons. The van der Waals surface area contributed by atoms with Gasteiger partial charge in [-0.1, -0.05) is 0 Å². The first-order chi connectivity index (χ1) is 6.47. The second-order valence-electron chi connectivity index (χ2n) is 3.30. The van der Waals surface area contributed by atoms with Crippen LogP contribution in [0.5, 0.6) is 0 Å². The zero-order chi connectivity index (χ0) is 8.93. The summed E-state index contributed by atoms with van der Waals surface area (Å²) >= 11 is 0. The van der Waals surface area contributed by atoms with Crippen LogP contribution in [0.25, 0.3) is 0 Å². The lowest BCUT2D eigenvalue weighted by Crippen LogP contribution is -2.27. The number of pyridine rings is 1. The van der Waals surface area contributed by atoms with Crippen molar-refractivity contribution in [3.8, 4) is 0 Å². The van der Waals surface area contributed by atoms with Gasteiger partial charge in [0.15, 0.2) is 0 Å². The molecule has 1 aliphatic heterocycles. The summed E-state index contributed by atoms with van der Waals surface area (Å²) in [6.07, 6.45) is 4.93. The lowest BCUT2D eigenvalue weighted by molar-refractivity contribution is 0.724. The highest BCUT2D eigenvalue weighted by atomic mass is 35.5. The van der Waals surface area contributed by atoms with Crippen molar-refractivity contribution in [1.82, 2.24) is 10.3 Å². The van der Waals surface area contributed by atoms with Crippen molar-refractivity contribution >= 4 is 30.5 Å². The van der Waals surface area contributed by atoms with Gasteiger partial charge in [-0.05, 0) is 25.1 Å². The molecule has 0 aromatic carbocycles. The van der Waals surface area contributed by atoms with Gasteiger partial charge in [0.2, 0.25) is 0 Å². The molecule has 0 atom stereocenters. The van der Waals surface area contributed by atoms with E-state index in [1.807, 2.05) is 12.4 Å². The van der Waals surface area contributed by atoms with Gasteiger partial charge in [0.05, 0.1) is 0 Å². The summed E-state index contributed by atoms with van der Waals surface area (Å²) in [5.74, 6) is 0. The van der Waals surface area contributed by atoms with Crippen LogP contribution in [0.3, 0.4) is 0 Å². The molecule has 1 fully saturated rings. The maximum atomic E-state index is 4.02. The van der Waals surface area contributed by atoms with Crippen molar-refractivity contribution in [2.45, 2.75) is 6.42 Å². The highest BCUT2D eigenvalue weighted by Gasteiger charge is 2.07. The Kier molecular flexibility index (Phi) is 7.48. The van der Waals surface area contributed by atoms with Crippen molar-refractivity contribution in [2.24, 2.45) is 0 Å². The summed E-state index contributed by atoms with van der Waals surface area (Å²) < 4.78 is 0. The number of aromatic nitrogens is 1. The Hall–Kier alpha value is -0.510. The first-order valence-corrected chi connectivity index (χ1v) is 4.82. The van der Waals surface area contributed by atoms with E-state index in [9.17, 15) is 0 Å². The lowest BCUT2D eigenvalue weighted by atomic mass is 10.3. The predicted octanol–water partition coefficient (Wildman–Crippen LogP) is 1.72. The first-order valence-electron chi connectivity index (χ1n) is 4.82. The average Bonchev–Trinajstić information content (AvgIpc) is 2.47. The van der Waals surface area contributed by atoms with E-state index in [0.29, 0.717) is 0 Å². The van der Waals surface area contributed by atoms with E-state index in [0.717, 1.165) is 26.2 Å². The normalized spacial score (nSPS) is 15.9. The van der Waals surface area contributed by atoms with E-state index in [-0.39, 0.29) is 24.8 Å². The lowest BCUT2D eigenvalue weighted by Gasteiger charge is -2.21. The molecule has 0 saturated carbocycles. The Morgan fingerprint density at radius 3 is 2.53 bits per heavy atom. The summed E-state index contributed by atoms with van der Waals surface area (Å²) in [5.41, 5.74) is 1.29. The van der Waals surface area contributed by atoms with E-state index in [1.165, 1.54) is 12.1 Å². The highest BCUT2D eigenvalue weighted by Crippen LogP contribution is 2.12. The number of rotatable bonds is 1. The monoisotopic (exact) mass is 249 g/mol. The quantitative estimate of drug-likeness (QED) is 0.822. The van der Waals surface area contributed by atoms with Crippen LogP contribution < -0.4 is 10.2 Å². The third-order valence-electron chi connectivity index (χ3n) is 2.37. The molecule has 0 aliphatic carbocycles. The molecule has 0 amide bonds. The van der Waals surface area contributed by atoms with Crippen LogP contribution >= 0.6 is 24.8 Å². The molecule has 3 nitrogen and oxygen atoms in total. The Balaban J connectivity index is 0.000000980. The molecule has 5 heteroatoms. The van der Waals surface area contributed by atoms with Gasteiger partial charge in [0.25, 0.3) is 0 Å². The molecule has 15 heavy (non-hydrogen) atoms. The van der Waals surface area contributed by atoms with Crippen LogP contribution in [0.2, 0.25) is 0 Å². The average molecular weight is 250 g/mol. The van der Waals surface area contributed by atoms with Gasteiger partial charge < -0.3 is 10.2 Å². The maximum absolute atomic E-state index is 4.02. The molecule has 2 rings (SSSR count). The Bertz CT molecular complexity index is 248. The largest absolute Gasteiger partial charge is 0.370 e. The minimum absolute atomic E-state index is 0. The molecule has 1 N–H and O–H groups in total. The summed E-state index contributed by atoms with van der Waals surface area (Å²) in [4.78, 5) is 6.43. The van der Waals surface area contributed by atoms with Crippen LogP contribution in [-0.4, -0.2) is 31.2 Å². The smallest absolute Gasteiger partial charge is 0.0397 e. The zero-order valence-electron chi connectivity index (χ0n) is 8.56. The molecule has 0 radical (unpaired) electrons.